The summed E-state index contributed by atoms with van der Waals surface area (Å²) in [5, 5.41) is 21.8. The van der Waals surface area contributed by atoms with Gasteiger partial charge in [-0.1, -0.05) is 0 Å². The highest BCUT2D eigenvalue weighted by Crippen LogP contribution is 2.33. The Bertz CT molecular complexity index is 425. The fourth-order valence-electron chi connectivity index (χ4n) is 2.04. The molecule has 1 aromatic rings. The molecule has 0 spiro atoms. The second kappa shape index (κ2) is 4.02. The molecule has 0 unspecified atom stereocenters. The van der Waals surface area contributed by atoms with E-state index in [4.69, 9.17) is 10.8 Å². The molecule has 5 nitrogen and oxygen atoms in total. The van der Waals surface area contributed by atoms with E-state index in [2.05, 4.69) is 5.32 Å². The van der Waals surface area contributed by atoms with Crippen LogP contribution in [0.5, 0.6) is 5.75 Å². The van der Waals surface area contributed by atoms with E-state index in [-0.39, 0.29) is 23.0 Å². The Balaban J connectivity index is 2.40. The number of aromatic hydroxyl groups is 1. The first-order chi connectivity index (χ1) is 7.59. The van der Waals surface area contributed by atoms with E-state index in [9.17, 15) is 9.90 Å². The highest BCUT2D eigenvalue weighted by atomic mass is 16.4. The third-order valence-corrected chi connectivity index (χ3v) is 2.86. The van der Waals surface area contributed by atoms with Crippen LogP contribution in [0.25, 0.3) is 0 Å². The second-order valence-electron chi connectivity index (χ2n) is 3.95. The minimum Gasteiger partial charge on any atom is -0.508 e. The van der Waals surface area contributed by atoms with Gasteiger partial charge in [0.25, 0.3) is 0 Å². The first kappa shape index (κ1) is 10.8. The summed E-state index contributed by atoms with van der Waals surface area (Å²) in [6.45, 7) is 0.907. The molecule has 86 valence electrons. The Morgan fingerprint density at radius 2 is 2.25 bits per heavy atom. The smallest absolute Gasteiger partial charge is 0.337 e. The summed E-state index contributed by atoms with van der Waals surface area (Å²) < 4.78 is 0. The molecule has 5 N–H and O–H groups in total. The number of nitrogens with one attached hydrogen (secondary N) is 1. The largest absolute Gasteiger partial charge is 0.508 e. The van der Waals surface area contributed by atoms with Gasteiger partial charge in [-0.05, 0) is 31.5 Å². The molecule has 1 aliphatic heterocycles. The van der Waals surface area contributed by atoms with E-state index in [0.717, 1.165) is 19.4 Å². The van der Waals surface area contributed by atoms with Crippen LogP contribution in [-0.2, 0) is 0 Å². The first-order valence-corrected chi connectivity index (χ1v) is 5.18. The minimum atomic E-state index is -1.13. The van der Waals surface area contributed by atoms with Crippen LogP contribution in [0.4, 0.5) is 5.69 Å². The number of hydrogen-bond donors (Lipinski definition) is 4. The van der Waals surface area contributed by atoms with Gasteiger partial charge in [0.2, 0.25) is 0 Å². The third-order valence-electron chi connectivity index (χ3n) is 2.86. The van der Waals surface area contributed by atoms with Gasteiger partial charge in [0, 0.05) is 17.3 Å². The number of hydrogen-bond acceptors (Lipinski definition) is 4. The van der Waals surface area contributed by atoms with Crippen molar-refractivity contribution < 1.29 is 15.0 Å². The van der Waals surface area contributed by atoms with Crippen LogP contribution in [0.2, 0.25) is 0 Å². The highest BCUT2D eigenvalue weighted by Gasteiger charge is 2.21. The standard InChI is InChI=1S/C11H14N2O3/c12-8-4-7(9-2-1-3-13-9)10(14)5-6(8)11(15)16/h4-5,9,13-14H,1-3,12H2,(H,15,16)/t9-/m1/s1. The zero-order chi connectivity index (χ0) is 11.7. The summed E-state index contributed by atoms with van der Waals surface area (Å²) in [7, 11) is 0. The van der Waals surface area contributed by atoms with Crippen LogP contribution in [-0.4, -0.2) is 22.7 Å². The summed E-state index contributed by atoms with van der Waals surface area (Å²) in [6, 6.07) is 2.83. The number of nitrogen functional groups attached to an aromatic ring is 1. The summed E-state index contributed by atoms with van der Waals surface area (Å²) in [5.74, 6) is -1.13. The summed E-state index contributed by atoms with van der Waals surface area (Å²) in [6.07, 6.45) is 1.98. The van der Waals surface area contributed by atoms with Crippen molar-refractivity contribution in [2.24, 2.45) is 0 Å². The lowest BCUT2D eigenvalue weighted by Crippen LogP contribution is -2.14. The van der Waals surface area contributed by atoms with Gasteiger partial charge in [-0.2, -0.15) is 0 Å². The van der Waals surface area contributed by atoms with Gasteiger partial charge in [-0.15, -0.1) is 0 Å². The lowest BCUT2D eigenvalue weighted by atomic mass is 10.0. The average molecular weight is 222 g/mol. The van der Waals surface area contributed by atoms with Crippen molar-refractivity contribution in [2.45, 2.75) is 18.9 Å². The van der Waals surface area contributed by atoms with Crippen LogP contribution in [0.3, 0.4) is 0 Å². The quantitative estimate of drug-likeness (QED) is 0.444. The number of phenolic OH excluding ortho intramolecular Hbond substituents is 1. The molecule has 0 radical (unpaired) electrons. The van der Waals surface area contributed by atoms with E-state index < -0.39 is 5.97 Å². The Labute approximate surface area is 92.9 Å². The molecule has 1 atom stereocenters. The fourth-order valence-corrected chi connectivity index (χ4v) is 2.04. The predicted octanol–water partition coefficient (Wildman–Crippen LogP) is 1.10. The Hall–Kier alpha value is -1.75. The van der Waals surface area contributed by atoms with Crippen molar-refractivity contribution in [3.63, 3.8) is 0 Å². The maximum atomic E-state index is 10.8. The van der Waals surface area contributed by atoms with Crippen molar-refractivity contribution in [3.05, 3.63) is 23.3 Å². The van der Waals surface area contributed by atoms with Crippen molar-refractivity contribution >= 4 is 11.7 Å². The fraction of sp³-hybridized carbons (Fsp3) is 0.364. The summed E-state index contributed by atoms with van der Waals surface area (Å²) in [4.78, 5) is 10.8. The van der Waals surface area contributed by atoms with E-state index >= 15 is 0 Å². The molecule has 1 heterocycles. The van der Waals surface area contributed by atoms with E-state index in [1.807, 2.05) is 0 Å². The number of anilines is 1. The topological polar surface area (TPSA) is 95.6 Å². The van der Waals surface area contributed by atoms with Gasteiger partial charge in [0.15, 0.2) is 0 Å². The maximum Gasteiger partial charge on any atom is 0.337 e. The predicted molar refractivity (Wildman–Crippen MR) is 59.5 cm³/mol. The molecule has 0 bridgehead atoms. The van der Waals surface area contributed by atoms with Crippen LogP contribution >= 0.6 is 0 Å². The van der Waals surface area contributed by atoms with Crippen LogP contribution in [0.15, 0.2) is 12.1 Å². The Kier molecular flexibility index (Phi) is 2.70. The first-order valence-electron chi connectivity index (χ1n) is 5.18. The van der Waals surface area contributed by atoms with Gasteiger partial charge in [-0.3, -0.25) is 0 Å². The molecule has 1 aliphatic rings. The number of nitrogens with two attached hydrogens (primary N) is 1. The van der Waals surface area contributed by atoms with Gasteiger partial charge in [-0.25, -0.2) is 4.79 Å². The van der Waals surface area contributed by atoms with Gasteiger partial charge >= 0.3 is 5.97 Å². The minimum absolute atomic E-state index is 0.00833. The highest BCUT2D eigenvalue weighted by molar-refractivity contribution is 5.94. The van der Waals surface area contributed by atoms with Crippen LogP contribution in [0.1, 0.15) is 34.8 Å². The van der Waals surface area contributed by atoms with Crippen LogP contribution < -0.4 is 11.1 Å². The molecule has 1 aromatic carbocycles. The molecule has 0 saturated carbocycles. The number of carbonyl (C=O) groups is 1. The second-order valence-corrected chi connectivity index (χ2v) is 3.95. The SMILES string of the molecule is Nc1cc([C@H]2CCCN2)c(O)cc1C(=O)O. The van der Waals surface area contributed by atoms with Gasteiger partial charge in [0.05, 0.1) is 5.56 Å². The normalized spacial score (nSPS) is 19.9. The molecule has 0 amide bonds. The zero-order valence-electron chi connectivity index (χ0n) is 8.73. The van der Waals surface area contributed by atoms with Crippen molar-refractivity contribution in [3.8, 4) is 5.75 Å². The monoisotopic (exact) mass is 222 g/mol. The number of carboxylic acid groups (broad SMARTS) is 1. The number of aromatic carboxylic acids is 1. The van der Waals surface area contributed by atoms with E-state index in [0.29, 0.717) is 5.56 Å². The van der Waals surface area contributed by atoms with Crippen LogP contribution in [0, 0.1) is 0 Å². The van der Waals surface area contributed by atoms with Crippen molar-refractivity contribution in [1.82, 2.24) is 5.32 Å². The number of carboxylic acids is 1. The zero-order valence-corrected chi connectivity index (χ0v) is 8.73. The average Bonchev–Trinajstić information content (AvgIpc) is 2.73. The molecular formula is C11H14N2O3. The molecule has 5 heteroatoms. The van der Waals surface area contributed by atoms with E-state index in [1.165, 1.54) is 6.07 Å². The molecule has 1 saturated heterocycles. The molecule has 1 fully saturated rings. The Morgan fingerprint density at radius 1 is 1.50 bits per heavy atom. The lowest BCUT2D eigenvalue weighted by Gasteiger charge is -2.14. The van der Waals surface area contributed by atoms with Gasteiger partial charge in [0.1, 0.15) is 5.75 Å². The molecule has 0 aromatic heterocycles. The number of phenols is 1. The number of rotatable bonds is 2. The van der Waals surface area contributed by atoms with Gasteiger partial charge < -0.3 is 21.3 Å². The summed E-state index contributed by atoms with van der Waals surface area (Å²) >= 11 is 0. The Morgan fingerprint density at radius 3 is 2.81 bits per heavy atom. The lowest BCUT2D eigenvalue weighted by molar-refractivity contribution is 0.0697. The van der Waals surface area contributed by atoms with Crippen molar-refractivity contribution in [2.75, 3.05) is 12.3 Å². The van der Waals surface area contributed by atoms with Crippen molar-refractivity contribution in [1.29, 1.82) is 0 Å². The molecular weight excluding hydrogens is 208 g/mol. The molecule has 16 heavy (non-hydrogen) atoms. The van der Waals surface area contributed by atoms with E-state index in [1.54, 1.807) is 6.07 Å². The molecule has 2 rings (SSSR count). The number of benzene rings is 1. The third kappa shape index (κ3) is 1.81. The molecule has 0 aliphatic carbocycles. The maximum absolute atomic E-state index is 10.8. The summed E-state index contributed by atoms with van der Waals surface area (Å²) in [5.41, 5.74) is 6.45.